The average molecular weight is 327 g/mol. The van der Waals surface area contributed by atoms with Gasteiger partial charge in [0.2, 0.25) is 0 Å². The quantitative estimate of drug-likeness (QED) is 0.642. The summed E-state index contributed by atoms with van der Waals surface area (Å²) in [6.45, 7) is 0.221. The molecule has 110 valence electrons. The van der Waals surface area contributed by atoms with Crippen molar-refractivity contribution in [2.24, 2.45) is 0 Å². The highest BCUT2D eigenvalue weighted by molar-refractivity contribution is 6.33. The lowest BCUT2D eigenvalue weighted by Gasteiger charge is -2.14. The standard InChI is InChI=1S/C14H12Cl2N2O3/c15-10-3-1-9(2-4-10)14(19)8-17-13-6-5-11(18(20)21)7-12(13)16/h1-7,14,17,19H,8H2/t14-/m0/s1. The first kappa shape index (κ1) is 15.6. The van der Waals surface area contributed by atoms with Crippen LogP contribution in [0.4, 0.5) is 11.4 Å². The number of hydrogen-bond donors (Lipinski definition) is 2. The highest BCUT2D eigenvalue weighted by Crippen LogP contribution is 2.27. The fourth-order valence-corrected chi connectivity index (χ4v) is 2.14. The summed E-state index contributed by atoms with van der Waals surface area (Å²) in [5.74, 6) is 0. The minimum Gasteiger partial charge on any atom is -0.387 e. The Morgan fingerprint density at radius 3 is 2.43 bits per heavy atom. The van der Waals surface area contributed by atoms with E-state index >= 15 is 0 Å². The van der Waals surface area contributed by atoms with Gasteiger partial charge in [-0.15, -0.1) is 0 Å². The van der Waals surface area contributed by atoms with Crippen molar-refractivity contribution in [3.63, 3.8) is 0 Å². The maximum absolute atomic E-state index is 10.6. The molecular weight excluding hydrogens is 315 g/mol. The number of nitrogens with one attached hydrogen (secondary N) is 1. The van der Waals surface area contributed by atoms with Crippen LogP contribution in [0.3, 0.4) is 0 Å². The third-order valence-electron chi connectivity index (χ3n) is 2.90. The van der Waals surface area contributed by atoms with Gasteiger partial charge >= 0.3 is 0 Å². The zero-order chi connectivity index (χ0) is 15.4. The molecule has 0 heterocycles. The van der Waals surface area contributed by atoms with E-state index in [1.807, 2.05) is 0 Å². The SMILES string of the molecule is O=[N+]([O-])c1ccc(NC[C@H](O)c2ccc(Cl)cc2)c(Cl)c1. The number of benzene rings is 2. The van der Waals surface area contributed by atoms with Crippen molar-refractivity contribution in [1.29, 1.82) is 0 Å². The van der Waals surface area contributed by atoms with Crippen molar-refractivity contribution >= 4 is 34.6 Å². The maximum Gasteiger partial charge on any atom is 0.271 e. The molecular formula is C14H12Cl2N2O3. The van der Waals surface area contributed by atoms with Gasteiger partial charge in [-0.25, -0.2) is 0 Å². The first-order chi connectivity index (χ1) is 9.97. The van der Waals surface area contributed by atoms with E-state index in [-0.39, 0.29) is 17.3 Å². The summed E-state index contributed by atoms with van der Waals surface area (Å²) in [6.07, 6.45) is -0.742. The number of aliphatic hydroxyl groups excluding tert-OH is 1. The first-order valence-electron chi connectivity index (χ1n) is 6.08. The normalized spacial score (nSPS) is 12.0. The number of aliphatic hydroxyl groups is 1. The van der Waals surface area contributed by atoms with Gasteiger partial charge in [-0.1, -0.05) is 35.3 Å². The van der Waals surface area contributed by atoms with E-state index in [0.717, 1.165) is 0 Å². The van der Waals surface area contributed by atoms with Gasteiger partial charge in [0.15, 0.2) is 0 Å². The van der Waals surface area contributed by atoms with Gasteiger partial charge in [0, 0.05) is 23.7 Å². The van der Waals surface area contributed by atoms with E-state index in [4.69, 9.17) is 23.2 Å². The predicted molar refractivity (Wildman–Crippen MR) is 83.0 cm³/mol. The zero-order valence-electron chi connectivity index (χ0n) is 10.8. The topological polar surface area (TPSA) is 75.4 Å². The molecule has 0 saturated heterocycles. The van der Waals surface area contributed by atoms with E-state index in [0.29, 0.717) is 16.3 Å². The molecule has 0 saturated carbocycles. The first-order valence-corrected chi connectivity index (χ1v) is 6.84. The van der Waals surface area contributed by atoms with Crippen LogP contribution >= 0.6 is 23.2 Å². The van der Waals surface area contributed by atoms with Crippen molar-refractivity contribution in [3.05, 3.63) is 68.2 Å². The van der Waals surface area contributed by atoms with Gasteiger partial charge in [-0.3, -0.25) is 10.1 Å². The third kappa shape index (κ3) is 4.07. The summed E-state index contributed by atoms with van der Waals surface area (Å²) in [6, 6.07) is 11.0. The molecule has 0 amide bonds. The molecule has 0 fully saturated rings. The highest BCUT2D eigenvalue weighted by Gasteiger charge is 2.11. The van der Waals surface area contributed by atoms with Crippen LogP contribution in [0.2, 0.25) is 10.0 Å². The minimum atomic E-state index is -0.742. The second kappa shape index (κ2) is 6.76. The number of non-ortho nitro benzene ring substituents is 1. The molecule has 2 aromatic rings. The average Bonchev–Trinajstić information content (AvgIpc) is 2.46. The Labute approximate surface area is 131 Å². The Morgan fingerprint density at radius 1 is 1.19 bits per heavy atom. The molecule has 2 N–H and O–H groups in total. The van der Waals surface area contributed by atoms with E-state index in [9.17, 15) is 15.2 Å². The van der Waals surface area contributed by atoms with Gasteiger partial charge in [-0.05, 0) is 23.8 Å². The molecule has 0 bridgehead atoms. The lowest BCUT2D eigenvalue weighted by atomic mass is 10.1. The Hall–Kier alpha value is -1.82. The summed E-state index contributed by atoms with van der Waals surface area (Å²) < 4.78 is 0. The van der Waals surface area contributed by atoms with Crippen molar-refractivity contribution in [2.45, 2.75) is 6.10 Å². The van der Waals surface area contributed by atoms with Gasteiger partial charge in [0.25, 0.3) is 5.69 Å². The molecule has 2 aromatic carbocycles. The number of nitrogens with zero attached hydrogens (tertiary/aromatic N) is 1. The summed E-state index contributed by atoms with van der Waals surface area (Å²) in [5.41, 5.74) is 1.16. The van der Waals surface area contributed by atoms with Crippen molar-refractivity contribution in [3.8, 4) is 0 Å². The molecule has 1 atom stereocenters. The lowest BCUT2D eigenvalue weighted by molar-refractivity contribution is -0.384. The molecule has 21 heavy (non-hydrogen) atoms. The number of rotatable bonds is 5. The Bertz CT molecular complexity index is 647. The summed E-state index contributed by atoms with van der Waals surface area (Å²) in [5, 5.41) is 24.4. The predicted octanol–water partition coefficient (Wildman–Crippen LogP) is 4.05. The highest BCUT2D eigenvalue weighted by atomic mass is 35.5. The van der Waals surface area contributed by atoms with Crippen LogP contribution in [-0.4, -0.2) is 16.6 Å². The number of nitro groups is 1. The molecule has 0 spiro atoms. The van der Waals surface area contributed by atoms with Gasteiger partial charge < -0.3 is 10.4 Å². The van der Waals surface area contributed by atoms with E-state index in [2.05, 4.69) is 5.32 Å². The molecule has 7 heteroatoms. The number of anilines is 1. The lowest BCUT2D eigenvalue weighted by Crippen LogP contribution is -2.12. The Balaban J connectivity index is 2.02. The summed E-state index contributed by atoms with van der Waals surface area (Å²) >= 11 is 11.7. The van der Waals surface area contributed by atoms with E-state index in [1.165, 1.54) is 18.2 Å². The number of halogens is 2. The van der Waals surface area contributed by atoms with E-state index in [1.54, 1.807) is 24.3 Å². The monoisotopic (exact) mass is 326 g/mol. The van der Waals surface area contributed by atoms with Gasteiger partial charge in [0.05, 0.1) is 21.7 Å². The number of nitro benzene ring substituents is 1. The van der Waals surface area contributed by atoms with Crippen LogP contribution in [0.25, 0.3) is 0 Å². The second-order valence-corrected chi connectivity index (χ2v) is 5.21. The van der Waals surface area contributed by atoms with Crippen molar-refractivity contribution < 1.29 is 10.0 Å². The largest absolute Gasteiger partial charge is 0.387 e. The van der Waals surface area contributed by atoms with Gasteiger partial charge in [0.1, 0.15) is 0 Å². The fraction of sp³-hybridized carbons (Fsp3) is 0.143. The molecule has 2 rings (SSSR count). The molecule has 0 aliphatic rings. The van der Waals surface area contributed by atoms with Crippen LogP contribution < -0.4 is 5.32 Å². The van der Waals surface area contributed by atoms with Crippen LogP contribution in [0.1, 0.15) is 11.7 Å². The van der Waals surface area contributed by atoms with Crippen molar-refractivity contribution in [1.82, 2.24) is 0 Å². The Morgan fingerprint density at radius 2 is 1.86 bits per heavy atom. The summed E-state index contributed by atoms with van der Waals surface area (Å²) in [7, 11) is 0. The fourth-order valence-electron chi connectivity index (χ4n) is 1.77. The second-order valence-electron chi connectivity index (χ2n) is 4.37. The van der Waals surface area contributed by atoms with Crippen LogP contribution in [0.15, 0.2) is 42.5 Å². The maximum atomic E-state index is 10.6. The van der Waals surface area contributed by atoms with Crippen LogP contribution in [0.5, 0.6) is 0 Å². The molecule has 0 aliphatic heterocycles. The zero-order valence-corrected chi connectivity index (χ0v) is 12.3. The van der Waals surface area contributed by atoms with Crippen LogP contribution in [0, 0.1) is 10.1 Å². The third-order valence-corrected chi connectivity index (χ3v) is 3.47. The van der Waals surface area contributed by atoms with Crippen LogP contribution in [-0.2, 0) is 0 Å². The smallest absolute Gasteiger partial charge is 0.271 e. The Kier molecular flexibility index (Phi) is 5.01. The molecule has 0 aromatic heterocycles. The molecule has 0 unspecified atom stereocenters. The molecule has 0 radical (unpaired) electrons. The summed E-state index contributed by atoms with van der Waals surface area (Å²) in [4.78, 5) is 10.1. The number of hydrogen-bond acceptors (Lipinski definition) is 4. The van der Waals surface area contributed by atoms with E-state index < -0.39 is 11.0 Å². The van der Waals surface area contributed by atoms with Gasteiger partial charge in [-0.2, -0.15) is 0 Å². The molecule has 5 nitrogen and oxygen atoms in total. The van der Waals surface area contributed by atoms with Crippen molar-refractivity contribution in [2.75, 3.05) is 11.9 Å². The minimum absolute atomic E-state index is 0.0798. The molecule has 0 aliphatic carbocycles.